The van der Waals surface area contributed by atoms with Crippen molar-refractivity contribution in [1.82, 2.24) is 0 Å². The highest BCUT2D eigenvalue weighted by Crippen LogP contribution is 2.16. The average Bonchev–Trinajstić information content (AvgIpc) is 2.56. The molecule has 1 aromatic carbocycles. The van der Waals surface area contributed by atoms with Crippen LogP contribution in [0.2, 0.25) is 0 Å². The highest BCUT2D eigenvalue weighted by atomic mass is 16.5. The molecule has 1 rings (SSSR count). The van der Waals surface area contributed by atoms with E-state index in [1.165, 1.54) is 14.2 Å². The van der Waals surface area contributed by atoms with Crippen LogP contribution >= 0.6 is 0 Å². The summed E-state index contributed by atoms with van der Waals surface area (Å²) in [5, 5.41) is 8.77. The Morgan fingerprint density at radius 1 is 1.18 bits per heavy atom. The van der Waals surface area contributed by atoms with Gasteiger partial charge in [0.25, 0.3) is 0 Å². The number of esters is 2. The van der Waals surface area contributed by atoms with Crippen LogP contribution in [0.15, 0.2) is 24.3 Å². The highest BCUT2D eigenvalue weighted by Gasteiger charge is 2.27. The lowest BCUT2D eigenvalue weighted by atomic mass is 9.97. The van der Waals surface area contributed by atoms with E-state index < -0.39 is 17.9 Å². The van der Waals surface area contributed by atoms with Crippen LogP contribution in [0.5, 0.6) is 0 Å². The van der Waals surface area contributed by atoms with Crippen molar-refractivity contribution in [1.29, 1.82) is 0 Å². The molecule has 5 nitrogen and oxygen atoms in total. The fourth-order valence-electron chi connectivity index (χ4n) is 2.11. The Morgan fingerprint density at radius 2 is 1.82 bits per heavy atom. The van der Waals surface area contributed by atoms with Gasteiger partial charge in [-0.15, -0.1) is 0 Å². The molecule has 0 unspecified atom stereocenters. The fourth-order valence-corrected chi connectivity index (χ4v) is 2.11. The number of rotatable bonds is 6. The molecule has 0 aliphatic carbocycles. The molecule has 0 heterocycles. The van der Waals surface area contributed by atoms with Gasteiger partial charge < -0.3 is 14.6 Å². The second-order valence-electron chi connectivity index (χ2n) is 4.61. The normalized spacial score (nSPS) is 9.82. The van der Waals surface area contributed by atoms with Crippen LogP contribution in [0.3, 0.4) is 0 Å². The Labute approximate surface area is 130 Å². The second-order valence-corrected chi connectivity index (χ2v) is 4.61. The molecular formula is C17H20O5. The standard InChI is InChI=1S/C17H20O5/c1-21-16(19)15(17(20)22-2)11-5-9-13-7-3-4-8-14(13)10-6-12-18/h3-4,7-8,15,18H,5,9,11-12H2,1-2H3. The molecule has 0 saturated carbocycles. The molecule has 22 heavy (non-hydrogen) atoms. The molecule has 0 bridgehead atoms. The number of methoxy groups -OCH3 is 2. The first-order valence-corrected chi connectivity index (χ1v) is 6.97. The van der Waals surface area contributed by atoms with Crippen molar-refractivity contribution in [2.75, 3.05) is 20.8 Å². The molecule has 0 aliphatic rings. The summed E-state index contributed by atoms with van der Waals surface area (Å²) in [6.45, 7) is -0.193. The van der Waals surface area contributed by atoms with E-state index in [9.17, 15) is 9.59 Å². The molecule has 5 heteroatoms. The molecule has 0 spiro atoms. The summed E-state index contributed by atoms with van der Waals surface area (Å²) in [4.78, 5) is 23.2. The van der Waals surface area contributed by atoms with Crippen molar-refractivity contribution in [2.45, 2.75) is 19.3 Å². The topological polar surface area (TPSA) is 72.8 Å². The molecule has 0 aliphatic heterocycles. The summed E-state index contributed by atoms with van der Waals surface area (Å²) in [6, 6.07) is 7.58. The van der Waals surface area contributed by atoms with E-state index in [2.05, 4.69) is 21.3 Å². The van der Waals surface area contributed by atoms with Crippen molar-refractivity contribution in [3.8, 4) is 11.8 Å². The van der Waals surface area contributed by atoms with Crippen LogP contribution in [0.4, 0.5) is 0 Å². The number of aliphatic hydroxyl groups excluding tert-OH is 1. The van der Waals surface area contributed by atoms with Crippen molar-refractivity contribution in [3.05, 3.63) is 35.4 Å². The van der Waals surface area contributed by atoms with Gasteiger partial charge in [0, 0.05) is 5.56 Å². The highest BCUT2D eigenvalue weighted by molar-refractivity contribution is 5.94. The molecule has 118 valence electrons. The SMILES string of the molecule is COC(=O)C(CCCc1ccccc1C#CCO)C(=O)OC. The zero-order valence-corrected chi connectivity index (χ0v) is 12.8. The first-order valence-electron chi connectivity index (χ1n) is 6.97. The predicted octanol–water partition coefficient (Wildman–Crippen LogP) is 1.32. The van der Waals surface area contributed by atoms with Crippen LogP contribution in [0.25, 0.3) is 0 Å². The summed E-state index contributed by atoms with van der Waals surface area (Å²) in [7, 11) is 2.50. The van der Waals surface area contributed by atoms with E-state index in [0.717, 1.165) is 11.1 Å². The monoisotopic (exact) mass is 304 g/mol. The van der Waals surface area contributed by atoms with E-state index in [1.807, 2.05) is 24.3 Å². The maximum Gasteiger partial charge on any atom is 0.320 e. The fraction of sp³-hybridized carbons (Fsp3) is 0.412. The van der Waals surface area contributed by atoms with Gasteiger partial charge >= 0.3 is 11.9 Å². The van der Waals surface area contributed by atoms with Gasteiger partial charge in [0.05, 0.1) is 14.2 Å². The van der Waals surface area contributed by atoms with Crippen molar-refractivity contribution in [3.63, 3.8) is 0 Å². The Hall–Kier alpha value is -2.32. The predicted molar refractivity (Wildman–Crippen MR) is 80.9 cm³/mol. The molecule has 1 aromatic rings. The lowest BCUT2D eigenvalue weighted by Gasteiger charge is -2.12. The Morgan fingerprint density at radius 3 is 2.41 bits per heavy atom. The lowest BCUT2D eigenvalue weighted by Crippen LogP contribution is -2.26. The molecule has 0 fully saturated rings. The quantitative estimate of drug-likeness (QED) is 0.487. The number of ether oxygens (including phenoxy) is 2. The van der Waals surface area contributed by atoms with Crippen LogP contribution in [0.1, 0.15) is 24.0 Å². The van der Waals surface area contributed by atoms with E-state index in [1.54, 1.807) is 0 Å². The van der Waals surface area contributed by atoms with E-state index >= 15 is 0 Å². The molecule has 0 aromatic heterocycles. The summed E-state index contributed by atoms with van der Waals surface area (Å²) in [6.07, 6.45) is 1.63. The van der Waals surface area contributed by atoms with Gasteiger partial charge in [-0.1, -0.05) is 30.0 Å². The zero-order valence-electron chi connectivity index (χ0n) is 12.8. The Bertz CT molecular complexity index is 552. The number of aliphatic hydroxyl groups is 1. The number of carbonyl (C=O) groups is 2. The van der Waals surface area contributed by atoms with Crippen molar-refractivity contribution in [2.24, 2.45) is 5.92 Å². The van der Waals surface area contributed by atoms with E-state index in [4.69, 9.17) is 5.11 Å². The summed E-state index contributed by atoms with van der Waals surface area (Å²) in [5.74, 6) is 3.44. The summed E-state index contributed by atoms with van der Waals surface area (Å²) in [5.41, 5.74) is 1.85. The largest absolute Gasteiger partial charge is 0.468 e. The van der Waals surface area contributed by atoms with Crippen LogP contribution in [-0.4, -0.2) is 37.9 Å². The van der Waals surface area contributed by atoms with Gasteiger partial charge in [0.2, 0.25) is 0 Å². The van der Waals surface area contributed by atoms with Gasteiger partial charge in [-0.2, -0.15) is 0 Å². The van der Waals surface area contributed by atoms with Crippen LogP contribution < -0.4 is 0 Å². The van der Waals surface area contributed by atoms with Gasteiger partial charge in [-0.3, -0.25) is 9.59 Å². The minimum Gasteiger partial charge on any atom is -0.468 e. The number of benzene rings is 1. The second kappa shape index (κ2) is 9.59. The average molecular weight is 304 g/mol. The van der Waals surface area contributed by atoms with Gasteiger partial charge in [0.1, 0.15) is 6.61 Å². The van der Waals surface area contributed by atoms with Crippen LogP contribution in [0, 0.1) is 17.8 Å². The molecule has 0 radical (unpaired) electrons. The Balaban J connectivity index is 2.69. The number of hydrogen-bond acceptors (Lipinski definition) is 5. The third-order valence-electron chi connectivity index (χ3n) is 3.23. The third-order valence-corrected chi connectivity index (χ3v) is 3.23. The molecule has 0 saturated heterocycles. The Kier molecular flexibility index (Phi) is 7.73. The molecule has 0 amide bonds. The van der Waals surface area contributed by atoms with E-state index in [-0.39, 0.29) is 6.61 Å². The molecule has 0 atom stereocenters. The smallest absolute Gasteiger partial charge is 0.320 e. The third kappa shape index (κ3) is 5.23. The minimum absolute atomic E-state index is 0.193. The number of aryl methyl sites for hydroxylation is 1. The molecule has 1 N–H and O–H groups in total. The maximum absolute atomic E-state index is 11.6. The summed E-state index contributed by atoms with van der Waals surface area (Å²) >= 11 is 0. The maximum atomic E-state index is 11.6. The van der Waals surface area contributed by atoms with Gasteiger partial charge in [-0.25, -0.2) is 0 Å². The lowest BCUT2D eigenvalue weighted by molar-refractivity contribution is -0.159. The number of carbonyl (C=O) groups excluding carboxylic acids is 2. The number of hydrogen-bond donors (Lipinski definition) is 1. The van der Waals surface area contributed by atoms with E-state index in [0.29, 0.717) is 19.3 Å². The first-order chi connectivity index (χ1) is 10.6. The first kappa shape index (κ1) is 17.7. The van der Waals surface area contributed by atoms with Crippen molar-refractivity contribution < 1.29 is 24.2 Å². The zero-order chi connectivity index (χ0) is 16.4. The van der Waals surface area contributed by atoms with Gasteiger partial charge in [-0.05, 0) is 30.9 Å². The molecular weight excluding hydrogens is 284 g/mol. The summed E-state index contributed by atoms with van der Waals surface area (Å²) < 4.78 is 9.25. The van der Waals surface area contributed by atoms with Crippen molar-refractivity contribution >= 4 is 11.9 Å². The van der Waals surface area contributed by atoms with Gasteiger partial charge in [0.15, 0.2) is 5.92 Å². The van der Waals surface area contributed by atoms with Crippen LogP contribution in [-0.2, 0) is 25.5 Å². The minimum atomic E-state index is -0.898.